The van der Waals surface area contributed by atoms with E-state index in [0.717, 1.165) is 4.47 Å². The van der Waals surface area contributed by atoms with Gasteiger partial charge in [0.25, 0.3) is 5.82 Å². The maximum Gasteiger partial charge on any atom is 0.377 e. The van der Waals surface area contributed by atoms with Gasteiger partial charge in [-0.05, 0) is 19.1 Å². The van der Waals surface area contributed by atoms with Gasteiger partial charge in [-0.25, -0.2) is 14.5 Å². The SMILES string of the molecule is COC(=O)c1ncn(-c2cc(Br)ccc2C(C)O)n1. The molecule has 1 aromatic heterocycles. The third-order valence-corrected chi connectivity index (χ3v) is 3.04. The zero-order chi connectivity index (χ0) is 14.0. The van der Waals surface area contributed by atoms with Gasteiger partial charge in [0.15, 0.2) is 0 Å². The van der Waals surface area contributed by atoms with Gasteiger partial charge >= 0.3 is 5.97 Å². The van der Waals surface area contributed by atoms with Crippen LogP contribution in [0, 0.1) is 0 Å². The van der Waals surface area contributed by atoms with E-state index in [0.29, 0.717) is 11.3 Å². The molecule has 0 amide bonds. The minimum absolute atomic E-state index is 0.0287. The van der Waals surface area contributed by atoms with Gasteiger partial charge in [-0.3, -0.25) is 0 Å². The lowest BCUT2D eigenvalue weighted by Crippen LogP contribution is -2.07. The van der Waals surface area contributed by atoms with E-state index in [2.05, 4.69) is 30.7 Å². The van der Waals surface area contributed by atoms with Gasteiger partial charge < -0.3 is 9.84 Å². The largest absolute Gasteiger partial charge is 0.463 e. The summed E-state index contributed by atoms with van der Waals surface area (Å²) in [5, 5.41) is 13.8. The highest BCUT2D eigenvalue weighted by atomic mass is 79.9. The molecule has 1 unspecified atom stereocenters. The Hall–Kier alpha value is -1.73. The molecule has 0 spiro atoms. The standard InChI is InChI=1S/C12H12BrN3O3/c1-7(17)9-4-3-8(13)5-10(9)16-6-14-11(15-16)12(18)19-2/h3-7,17H,1-2H3. The van der Waals surface area contributed by atoms with Crippen LogP contribution < -0.4 is 0 Å². The molecule has 0 aliphatic heterocycles. The van der Waals surface area contributed by atoms with Crippen molar-refractivity contribution in [3.63, 3.8) is 0 Å². The number of aromatic nitrogens is 3. The monoisotopic (exact) mass is 325 g/mol. The lowest BCUT2D eigenvalue weighted by atomic mass is 10.1. The van der Waals surface area contributed by atoms with Crippen LogP contribution in [-0.2, 0) is 4.74 Å². The van der Waals surface area contributed by atoms with Crippen molar-refractivity contribution < 1.29 is 14.6 Å². The zero-order valence-electron chi connectivity index (χ0n) is 10.4. The van der Waals surface area contributed by atoms with Crippen molar-refractivity contribution in [3.8, 4) is 5.69 Å². The predicted molar refractivity (Wildman–Crippen MR) is 71.0 cm³/mol. The maximum absolute atomic E-state index is 11.3. The second kappa shape index (κ2) is 5.50. The molecule has 0 fully saturated rings. The topological polar surface area (TPSA) is 77.2 Å². The molecule has 0 saturated heterocycles. The van der Waals surface area contributed by atoms with Crippen LogP contribution in [0.25, 0.3) is 5.69 Å². The number of benzene rings is 1. The van der Waals surface area contributed by atoms with E-state index in [9.17, 15) is 9.90 Å². The highest BCUT2D eigenvalue weighted by Crippen LogP contribution is 2.24. The van der Waals surface area contributed by atoms with Crippen LogP contribution >= 0.6 is 15.9 Å². The quantitative estimate of drug-likeness (QED) is 0.872. The third-order valence-electron chi connectivity index (χ3n) is 2.55. The van der Waals surface area contributed by atoms with Crippen LogP contribution in [0.1, 0.15) is 29.2 Å². The number of aliphatic hydroxyl groups excluding tert-OH is 1. The molecule has 1 heterocycles. The average molecular weight is 326 g/mol. The summed E-state index contributed by atoms with van der Waals surface area (Å²) < 4.78 is 6.82. The first-order chi connectivity index (χ1) is 9.02. The first-order valence-electron chi connectivity index (χ1n) is 5.50. The van der Waals surface area contributed by atoms with Crippen LogP contribution in [0.5, 0.6) is 0 Å². The van der Waals surface area contributed by atoms with Crippen molar-refractivity contribution in [2.45, 2.75) is 13.0 Å². The molecule has 100 valence electrons. The zero-order valence-corrected chi connectivity index (χ0v) is 12.0. The van der Waals surface area contributed by atoms with Gasteiger partial charge in [0.05, 0.1) is 18.9 Å². The van der Waals surface area contributed by atoms with Crippen molar-refractivity contribution in [2.75, 3.05) is 7.11 Å². The van der Waals surface area contributed by atoms with Crippen LogP contribution in [0.4, 0.5) is 0 Å². The first-order valence-corrected chi connectivity index (χ1v) is 6.30. The molecule has 0 aliphatic carbocycles. The van der Waals surface area contributed by atoms with Gasteiger partial charge in [0.2, 0.25) is 0 Å². The smallest absolute Gasteiger partial charge is 0.377 e. The second-order valence-electron chi connectivity index (χ2n) is 3.88. The van der Waals surface area contributed by atoms with Gasteiger partial charge in [0, 0.05) is 10.0 Å². The fourth-order valence-electron chi connectivity index (χ4n) is 1.63. The number of carbonyl (C=O) groups is 1. The molecule has 2 aromatic rings. The summed E-state index contributed by atoms with van der Waals surface area (Å²) in [7, 11) is 1.27. The molecule has 19 heavy (non-hydrogen) atoms. The Morgan fingerprint density at radius 3 is 2.89 bits per heavy atom. The molecular weight excluding hydrogens is 314 g/mol. The Balaban J connectivity index is 2.49. The molecule has 1 N–H and O–H groups in total. The van der Waals surface area contributed by atoms with Gasteiger partial charge in [-0.1, -0.05) is 22.0 Å². The lowest BCUT2D eigenvalue weighted by molar-refractivity contribution is 0.0587. The fraction of sp³-hybridized carbons (Fsp3) is 0.250. The summed E-state index contributed by atoms with van der Waals surface area (Å²) in [6, 6.07) is 5.39. The summed E-state index contributed by atoms with van der Waals surface area (Å²) >= 11 is 3.36. The Kier molecular flexibility index (Phi) is 3.96. The van der Waals surface area contributed by atoms with Crippen molar-refractivity contribution >= 4 is 21.9 Å². The summed E-state index contributed by atoms with van der Waals surface area (Å²) in [5.74, 6) is -0.633. The molecule has 7 heteroatoms. The minimum atomic E-state index is -0.658. The van der Waals surface area contributed by atoms with Crippen molar-refractivity contribution in [1.29, 1.82) is 0 Å². The number of rotatable bonds is 3. The Labute approximate surface area is 118 Å². The van der Waals surface area contributed by atoms with Crippen LogP contribution in [0.2, 0.25) is 0 Å². The molecule has 1 aromatic carbocycles. The van der Waals surface area contributed by atoms with Crippen LogP contribution in [0.15, 0.2) is 29.0 Å². The summed E-state index contributed by atoms with van der Waals surface area (Å²) in [5.41, 5.74) is 1.33. The lowest BCUT2D eigenvalue weighted by Gasteiger charge is -2.11. The molecule has 0 saturated carbocycles. The second-order valence-corrected chi connectivity index (χ2v) is 4.80. The van der Waals surface area contributed by atoms with Crippen LogP contribution in [0.3, 0.4) is 0 Å². The highest BCUT2D eigenvalue weighted by Gasteiger charge is 2.15. The molecule has 6 nitrogen and oxygen atoms in total. The molecule has 1 atom stereocenters. The molecule has 0 bridgehead atoms. The minimum Gasteiger partial charge on any atom is -0.463 e. The number of hydrogen-bond acceptors (Lipinski definition) is 5. The normalized spacial score (nSPS) is 12.2. The number of carbonyl (C=O) groups excluding carboxylic acids is 1. The van der Waals surface area contributed by atoms with Gasteiger partial charge in [-0.2, -0.15) is 0 Å². The van der Waals surface area contributed by atoms with E-state index >= 15 is 0 Å². The van der Waals surface area contributed by atoms with Crippen LogP contribution in [-0.4, -0.2) is 33.0 Å². The molecule has 0 radical (unpaired) electrons. The van der Waals surface area contributed by atoms with Crippen molar-refractivity contribution in [3.05, 3.63) is 40.4 Å². The predicted octanol–water partition coefficient (Wildman–Crippen LogP) is 1.87. The van der Waals surface area contributed by atoms with Gasteiger partial charge in [-0.15, -0.1) is 5.10 Å². The number of hydrogen-bond donors (Lipinski definition) is 1. The number of ether oxygens (including phenoxy) is 1. The van der Waals surface area contributed by atoms with E-state index in [1.165, 1.54) is 18.1 Å². The number of aliphatic hydroxyl groups is 1. The molecular formula is C12H12BrN3O3. The Morgan fingerprint density at radius 2 is 2.26 bits per heavy atom. The summed E-state index contributed by atoms with van der Waals surface area (Å²) in [6.45, 7) is 1.66. The Bertz CT molecular complexity index is 610. The van der Waals surface area contributed by atoms with Crippen molar-refractivity contribution in [2.24, 2.45) is 0 Å². The number of methoxy groups -OCH3 is 1. The third kappa shape index (κ3) is 2.82. The molecule has 2 rings (SSSR count). The summed E-state index contributed by atoms with van der Waals surface area (Å²) in [4.78, 5) is 15.2. The van der Waals surface area contributed by atoms with E-state index in [4.69, 9.17) is 0 Å². The first kappa shape index (κ1) is 13.7. The highest BCUT2D eigenvalue weighted by molar-refractivity contribution is 9.10. The van der Waals surface area contributed by atoms with E-state index in [1.807, 2.05) is 6.07 Å². The van der Waals surface area contributed by atoms with E-state index < -0.39 is 12.1 Å². The average Bonchev–Trinajstić information content (AvgIpc) is 2.86. The van der Waals surface area contributed by atoms with Crippen molar-refractivity contribution in [1.82, 2.24) is 14.8 Å². The fourth-order valence-corrected chi connectivity index (χ4v) is 1.98. The van der Waals surface area contributed by atoms with E-state index in [-0.39, 0.29) is 5.82 Å². The molecule has 0 aliphatic rings. The Morgan fingerprint density at radius 1 is 1.53 bits per heavy atom. The maximum atomic E-state index is 11.3. The number of halogens is 1. The van der Waals surface area contributed by atoms with Gasteiger partial charge in [0.1, 0.15) is 6.33 Å². The number of esters is 1. The number of nitrogens with zero attached hydrogens (tertiary/aromatic N) is 3. The van der Waals surface area contributed by atoms with E-state index in [1.54, 1.807) is 19.1 Å². The summed E-state index contributed by atoms with van der Waals surface area (Å²) in [6.07, 6.45) is 0.744.